The standard InChI is InChI=1S/C12H13N3O4/c1-2-13-9(16)6-15-10-7(11(17)18)4-3-5-8(10)14-12(15)19/h3-5H,2,6H2,1H3,(H,13,16)(H,14,19)(H,17,18). The van der Waals surface area contributed by atoms with Crippen LogP contribution in [-0.4, -0.2) is 33.1 Å². The Labute approximate surface area is 107 Å². The van der Waals surface area contributed by atoms with Crippen LogP contribution in [0, 0.1) is 0 Å². The van der Waals surface area contributed by atoms with E-state index >= 15 is 0 Å². The van der Waals surface area contributed by atoms with Crippen LogP contribution in [0.2, 0.25) is 0 Å². The summed E-state index contributed by atoms with van der Waals surface area (Å²) in [5.74, 6) is -1.49. The number of carbonyl (C=O) groups is 2. The maximum absolute atomic E-state index is 11.8. The molecule has 0 radical (unpaired) electrons. The number of aromatic amines is 1. The first-order chi connectivity index (χ1) is 9.04. The number of imidazole rings is 1. The molecule has 0 bridgehead atoms. The zero-order valence-corrected chi connectivity index (χ0v) is 10.3. The molecular formula is C12H13N3O4. The van der Waals surface area contributed by atoms with Crippen LogP contribution < -0.4 is 11.0 Å². The minimum absolute atomic E-state index is 0.0138. The molecule has 7 heteroatoms. The molecule has 1 aromatic carbocycles. The Morgan fingerprint density at radius 1 is 1.42 bits per heavy atom. The third kappa shape index (κ3) is 2.35. The molecule has 0 spiro atoms. The fraction of sp³-hybridized carbons (Fsp3) is 0.250. The number of likely N-dealkylation sites (N-methyl/N-ethyl adjacent to an activating group) is 1. The smallest absolute Gasteiger partial charge is 0.337 e. The summed E-state index contributed by atoms with van der Waals surface area (Å²) < 4.78 is 1.13. The predicted octanol–water partition coefficient (Wildman–Crippen LogP) is 0.164. The third-order valence-corrected chi connectivity index (χ3v) is 2.70. The van der Waals surface area contributed by atoms with Crippen LogP contribution in [0.4, 0.5) is 0 Å². The van der Waals surface area contributed by atoms with Crippen molar-refractivity contribution in [3.05, 3.63) is 34.2 Å². The number of carboxylic acid groups (broad SMARTS) is 1. The Kier molecular flexibility index (Phi) is 3.37. The van der Waals surface area contributed by atoms with Crippen LogP contribution in [0.25, 0.3) is 11.0 Å². The molecular weight excluding hydrogens is 250 g/mol. The minimum atomic E-state index is -1.14. The van der Waals surface area contributed by atoms with E-state index in [1.165, 1.54) is 12.1 Å². The summed E-state index contributed by atoms with van der Waals surface area (Å²) in [4.78, 5) is 37.0. The minimum Gasteiger partial charge on any atom is -0.478 e. The zero-order valence-electron chi connectivity index (χ0n) is 10.3. The normalized spacial score (nSPS) is 10.6. The van der Waals surface area contributed by atoms with Gasteiger partial charge in [0.05, 0.1) is 16.6 Å². The monoisotopic (exact) mass is 263 g/mol. The number of carbonyl (C=O) groups excluding carboxylic acids is 1. The molecule has 0 aliphatic carbocycles. The number of amides is 1. The van der Waals surface area contributed by atoms with E-state index in [9.17, 15) is 14.4 Å². The molecule has 0 aliphatic rings. The van der Waals surface area contributed by atoms with Gasteiger partial charge in [-0.15, -0.1) is 0 Å². The number of aromatic nitrogens is 2. The highest BCUT2D eigenvalue weighted by molar-refractivity contribution is 6.01. The summed E-state index contributed by atoms with van der Waals surface area (Å²) in [5, 5.41) is 11.7. The van der Waals surface area contributed by atoms with Crippen molar-refractivity contribution in [3.63, 3.8) is 0 Å². The van der Waals surface area contributed by atoms with Gasteiger partial charge in [0.1, 0.15) is 6.54 Å². The van der Waals surface area contributed by atoms with Crippen molar-refractivity contribution in [2.24, 2.45) is 0 Å². The summed E-state index contributed by atoms with van der Waals surface area (Å²) in [7, 11) is 0. The van der Waals surface area contributed by atoms with E-state index in [0.717, 1.165) is 4.57 Å². The maximum atomic E-state index is 11.8. The topological polar surface area (TPSA) is 104 Å². The van der Waals surface area contributed by atoms with Gasteiger partial charge in [0, 0.05) is 6.54 Å². The number of aromatic carboxylic acids is 1. The van der Waals surface area contributed by atoms with Crippen molar-refractivity contribution in [1.29, 1.82) is 0 Å². The van der Waals surface area contributed by atoms with E-state index in [4.69, 9.17) is 5.11 Å². The number of hydrogen-bond acceptors (Lipinski definition) is 3. The number of carboxylic acids is 1. The van der Waals surface area contributed by atoms with E-state index < -0.39 is 11.7 Å². The van der Waals surface area contributed by atoms with Crippen molar-refractivity contribution in [1.82, 2.24) is 14.9 Å². The Hall–Kier alpha value is -2.57. The van der Waals surface area contributed by atoms with E-state index in [0.29, 0.717) is 12.1 Å². The Morgan fingerprint density at radius 3 is 2.79 bits per heavy atom. The molecule has 0 saturated carbocycles. The van der Waals surface area contributed by atoms with Crippen molar-refractivity contribution < 1.29 is 14.7 Å². The Morgan fingerprint density at radius 2 is 2.16 bits per heavy atom. The van der Waals surface area contributed by atoms with Crippen LogP contribution in [0.3, 0.4) is 0 Å². The van der Waals surface area contributed by atoms with Gasteiger partial charge in [0.2, 0.25) is 5.91 Å². The molecule has 0 aliphatic heterocycles. The SMILES string of the molecule is CCNC(=O)Cn1c(=O)[nH]c2cccc(C(=O)O)c21. The van der Waals surface area contributed by atoms with Crippen molar-refractivity contribution >= 4 is 22.9 Å². The highest BCUT2D eigenvalue weighted by atomic mass is 16.4. The van der Waals surface area contributed by atoms with Gasteiger partial charge in [-0.2, -0.15) is 0 Å². The highest BCUT2D eigenvalue weighted by Gasteiger charge is 2.16. The predicted molar refractivity (Wildman–Crippen MR) is 68.2 cm³/mol. The largest absolute Gasteiger partial charge is 0.478 e. The van der Waals surface area contributed by atoms with Crippen LogP contribution >= 0.6 is 0 Å². The molecule has 100 valence electrons. The second-order valence-corrected chi connectivity index (χ2v) is 3.98. The molecule has 1 aromatic heterocycles. The lowest BCUT2D eigenvalue weighted by atomic mass is 10.2. The maximum Gasteiger partial charge on any atom is 0.337 e. The van der Waals surface area contributed by atoms with Gasteiger partial charge >= 0.3 is 11.7 Å². The lowest BCUT2D eigenvalue weighted by molar-refractivity contribution is -0.121. The van der Waals surface area contributed by atoms with Gasteiger partial charge < -0.3 is 15.4 Å². The summed E-state index contributed by atoms with van der Waals surface area (Å²) in [6.45, 7) is 2.00. The Bertz CT molecular complexity index is 699. The van der Waals surface area contributed by atoms with E-state index in [-0.39, 0.29) is 23.5 Å². The molecule has 1 amide bonds. The van der Waals surface area contributed by atoms with E-state index in [1.807, 2.05) is 0 Å². The molecule has 0 saturated heterocycles. The van der Waals surface area contributed by atoms with Gasteiger partial charge in [-0.25, -0.2) is 9.59 Å². The average molecular weight is 263 g/mol. The number of fused-ring (bicyclic) bond motifs is 1. The zero-order chi connectivity index (χ0) is 14.0. The number of hydrogen-bond donors (Lipinski definition) is 3. The van der Waals surface area contributed by atoms with Crippen molar-refractivity contribution in [3.8, 4) is 0 Å². The molecule has 3 N–H and O–H groups in total. The molecule has 0 atom stereocenters. The summed E-state index contributed by atoms with van der Waals surface area (Å²) in [6, 6.07) is 4.53. The fourth-order valence-electron chi connectivity index (χ4n) is 1.94. The third-order valence-electron chi connectivity index (χ3n) is 2.70. The second-order valence-electron chi connectivity index (χ2n) is 3.98. The first-order valence-electron chi connectivity index (χ1n) is 5.76. The molecule has 7 nitrogen and oxygen atoms in total. The summed E-state index contributed by atoms with van der Waals surface area (Å²) in [6.07, 6.45) is 0. The van der Waals surface area contributed by atoms with Gasteiger partial charge in [-0.3, -0.25) is 9.36 Å². The molecule has 1 heterocycles. The highest BCUT2D eigenvalue weighted by Crippen LogP contribution is 2.15. The average Bonchev–Trinajstić information content (AvgIpc) is 2.66. The van der Waals surface area contributed by atoms with Gasteiger partial charge in [0.25, 0.3) is 0 Å². The van der Waals surface area contributed by atoms with Crippen molar-refractivity contribution in [2.75, 3.05) is 6.54 Å². The fourth-order valence-corrected chi connectivity index (χ4v) is 1.94. The lowest BCUT2D eigenvalue weighted by Crippen LogP contribution is -2.31. The lowest BCUT2D eigenvalue weighted by Gasteiger charge is -2.05. The molecule has 0 unspecified atom stereocenters. The van der Waals surface area contributed by atoms with Crippen LogP contribution in [0.15, 0.2) is 23.0 Å². The van der Waals surface area contributed by atoms with Crippen molar-refractivity contribution in [2.45, 2.75) is 13.5 Å². The van der Waals surface area contributed by atoms with Crippen LogP contribution in [-0.2, 0) is 11.3 Å². The quantitative estimate of drug-likeness (QED) is 0.731. The molecule has 2 rings (SSSR count). The first-order valence-corrected chi connectivity index (χ1v) is 5.76. The van der Waals surface area contributed by atoms with Crippen LogP contribution in [0.5, 0.6) is 0 Å². The van der Waals surface area contributed by atoms with Crippen LogP contribution in [0.1, 0.15) is 17.3 Å². The molecule has 0 fully saturated rings. The molecule has 19 heavy (non-hydrogen) atoms. The summed E-state index contributed by atoms with van der Waals surface area (Å²) >= 11 is 0. The number of rotatable bonds is 4. The number of nitrogens with one attached hydrogen (secondary N) is 2. The van der Waals surface area contributed by atoms with E-state index in [1.54, 1.807) is 13.0 Å². The summed E-state index contributed by atoms with van der Waals surface area (Å²) in [5.41, 5.74) is 0.107. The van der Waals surface area contributed by atoms with E-state index in [2.05, 4.69) is 10.3 Å². The van der Waals surface area contributed by atoms with Gasteiger partial charge in [0.15, 0.2) is 0 Å². The number of para-hydroxylation sites is 1. The number of nitrogens with zero attached hydrogens (tertiary/aromatic N) is 1. The van der Waals surface area contributed by atoms with Gasteiger partial charge in [-0.1, -0.05) is 6.07 Å². The second kappa shape index (κ2) is 4.97. The number of H-pyrrole nitrogens is 1. The first kappa shape index (κ1) is 12.9. The Balaban J connectivity index is 2.59. The number of benzene rings is 1. The molecule has 2 aromatic rings. The van der Waals surface area contributed by atoms with Gasteiger partial charge in [-0.05, 0) is 19.1 Å².